The van der Waals surface area contributed by atoms with Gasteiger partial charge in [-0.15, -0.1) is 68.0 Å². The minimum atomic E-state index is 0.111. The highest BCUT2D eigenvalue weighted by Gasteiger charge is 2.19. The minimum absolute atomic E-state index is 0.111. The fourth-order valence-electron chi connectivity index (χ4n) is 3.66. The number of fused-ring (bicyclic) bond motifs is 5. The lowest BCUT2D eigenvalue weighted by atomic mass is 10.3. The normalized spacial score (nSPS) is 10.7. The van der Waals surface area contributed by atoms with E-state index in [2.05, 4.69) is 24.3 Å². The van der Waals surface area contributed by atoms with E-state index >= 15 is 0 Å². The number of hydrogen-bond donors (Lipinski definition) is 0. The van der Waals surface area contributed by atoms with Gasteiger partial charge in [-0.3, -0.25) is 0 Å². The van der Waals surface area contributed by atoms with Crippen LogP contribution in [0.5, 0.6) is 0 Å². The summed E-state index contributed by atoms with van der Waals surface area (Å²) in [7, 11) is 0. The molecule has 0 bridgehead atoms. The molecule has 4 nitrogen and oxygen atoms in total. The van der Waals surface area contributed by atoms with Crippen LogP contribution in [0.15, 0.2) is 47.5 Å². The predicted molar refractivity (Wildman–Crippen MR) is 155 cm³/mol. The van der Waals surface area contributed by atoms with Crippen LogP contribution in [-0.2, 0) is 0 Å². The molecular weight excluding hydrogens is 561 g/mol. The number of rotatable bonds is 4. The van der Waals surface area contributed by atoms with E-state index in [9.17, 15) is 0 Å². The fraction of sp³-hybridized carbons (Fsp3) is 0. The van der Waals surface area contributed by atoms with Gasteiger partial charge in [0.15, 0.2) is 0 Å². The highest BCUT2D eigenvalue weighted by atomic mass is 32.1. The van der Waals surface area contributed by atoms with Crippen LogP contribution in [0.4, 0.5) is 0 Å². The van der Waals surface area contributed by atoms with Crippen molar-refractivity contribution in [3.8, 4) is 43.8 Å². The van der Waals surface area contributed by atoms with Gasteiger partial charge in [0.25, 0.3) is 0 Å². The first-order valence-electron chi connectivity index (χ1n) is 10.2. The molecule has 0 amide bonds. The van der Waals surface area contributed by atoms with E-state index in [1.54, 1.807) is 57.5 Å². The van der Waals surface area contributed by atoms with Gasteiger partial charge in [-0.25, -0.2) is 0 Å². The van der Waals surface area contributed by atoms with Gasteiger partial charge in [0.1, 0.15) is 35.4 Å². The van der Waals surface area contributed by atoms with E-state index in [0.717, 1.165) is 19.5 Å². The van der Waals surface area contributed by atoms with Crippen molar-refractivity contribution in [3.05, 3.63) is 57.3 Å². The maximum absolute atomic E-state index is 9.00. The highest BCUT2D eigenvalue weighted by Crippen LogP contribution is 2.52. The van der Waals surface area contributed by atoms with Gasteiger partial charge in [-0.1, -0.05) is 0 Å². The SMILES string of the molecule is N#CC(C#N)=Cc1ccc(-c2cc3sc4c5sc(-c6ccc(C=C(C#N)C#N)s6)cc5sc4c3s2)s1. The molecule has 6 rings (SSSR count). The summed E-state index contributed by atoms with van der Waals surface area (Å²) in [6.07, 6.45) is 3.26. The van der Waals surface area contributed by atoms with E-state index in [4.69, 9.17) is 21.0 Å². The predicted octanol–water partition coefficient (Wildman–Crippen LogP) is 9.71. The van der Waals surface area contributed by atoms with Gasteiger partial charge >= 0.3 is 0 Å². The molecule has 6 heterocycles. The Kier molecular flexibility index (Phi) is 5.80. The van der Waals surface area contributed by atoms with Crippen LogP contribution in [0, 0.1) is 45.3 Å². The zero-order chi connectivity index (χ0) is 24.8. The molecule has 0 aromatic carbocycles. The van der Waals surface area contributed by atoms with Crippen molar-refractivity contribution in [3.63, 3.8) is 0 Å². The largest absolute Gasteiger partial charge is 0.192 e. The Morgan fingerprint density at radius 3 is 1.31 bits per heavy atom. The monoisotopic (exact) mass is 568 g/mol. The van der Waals surface area contributed by atoms with E-state index in [1.807, 2.05) is 59.1 Å². The highest BCUT2D eigenvalue weighted by molar-refractivity contribution is 7.45. The standard InChI is InChI=1S/C26H8N4S6/c27-9-13(10-28)5-15-1-3-17(31-15)19-7-21-23(33-19)25-26(35-21)24-22(36-25)8-20(34-24)18-4-2-16(32-18)6-14(11-29)12-30/h1-8H. The molecule has 0 radical (unpaired) electrons. The first kappa shape index (κ1) is 22.9. The molecule has 6 aromatic heterocycles. The second kappa shape index (κ2) is 9.13. The third-order valence-electron chi connectivity index (χ3n) is 5.23. The van der Waals surface area contributed by atoms with Crippen molar-refractivity contribution in [1.29, 1.82) is 21.0 Å². The zero-order valence-electron chi connectivity index (χ0n) is 17.9. The van der Waals surface area contributed by atoms with E-state index in [0.29, 0.717) is 0 Å². The summed E-state index contributed by atoms with van der Waals surface area (Å²) >= 11 is 10.4. The molecule has 10 heteroatoms. The summed E-state index contributed by atoms with van der Waals surface area (Å²) in [4.78, 5) is 6.47. The molecule has 0 unspecified atom stereocenters. The van der Waals surface area contributed by atoms with Crippen LogP contribution in [0.2, 0.25) is 0 Å². The molecule has 6 aromatic rings. The minimum Gasteiger partial charge on any atom is -0.192 e. The summed E-state index contributed by atoms with van der Waals surface area (Å²) in [6.45, 7) is 0. The first-order valence-corrected chi connectivity index (χ1v) is 15.1. The molecule has 0 N–H and O–H groups in total. The Morgan fingerprint density at radius 1 is 0.500 bits per heavy atom. The lowest BCUT2D eigenvalue weighted by molar-refractivity contribution is 1.47. The third-order valence-corrected chi connectivity index (χ3v) is 12.9. The molecule has 0 aliphatic rings. The van der Waals surface area contributed by atoms with Crippen molar-refractivity contribution in [2.45, 2.75) is 0 Å². The Morgan fingerprint density at radius 2 is 0.917 bits per heavy atom. The quantitative estimate of drug-likeness (QED) is 0.198. The second-order valence-corrected chi connectivity index (χ2v) is 13.9. The molecule has 36 heavy (non-hydrogen) atoms. The molecule has 0 atom stereocenters. The molecule has 0 aliphatic carbocycles. The summed E-state index contributed by atoms with van der Waals surface area (Å²) < 4.78 is 7.83. The Balaban J connectivity index is 1.35. The van der Waals surface area contributed by atoms with Crippen molar-refractivity contribution in [2.24, 2.45) is 0 Å². The van der Waals surface area contributed by atoms with Gasteiger partial charge in [-0.05, 0) is 48.6 Å². The molecule has 168 valence electrons. The van der Waals surface area contributed by atoms with Gasteiger partial charge in [-0.2, -0.15) is 21.0 Å². The summed E-state index contributed by atoms with van der Waals surface area (Å²) in [5.41, 5.74) is 0.222. The van der Waals surface area contributed by atoms with Crippen molar-refractivity contribution >= 4 is 108 Å². The number of allylic oxidation sites excluding steroid dienone is 2. The Labute approximate surface area is 229 Å². The molecular formula is C26H8N4S6. The molecule has 0 fully saturated rings. The van der Waals surface area contributed by atoms with Gasteiger partial charge in [0, 0.05) is 38.7 Å². The van der Waals surface area contributed by atoms with E-state index in [1.165, 1.54) is 38.0 Å². The fourth-order valence-corrected chi connectivity index (χ4v) is 11.4. The zero-order valence-corrected chi connectivity index (χ0v) is 22.8. The summed E-state index contributed by atoms with van der Waals surface area (Å²) in [6, 6.07) is 20.1. The van der Waals surface area contributed by atoms with Crippen LogP contribution < -0.4 is 0 Å². The van der Waals surface area contributed by atoms with Gasteiger partial charge in [0.05, 0.1) is 18.8 Å². The van der Waals surface area contributed by atoms with Crippen LogP contribution in [0.1, 0.15) is 9.75 Å². The van der Waals surface area contributed by atoms with Crippen molar-refractivity contribution in [1.82, 2.24) is 0 Å². The summed E-state index contributed by atoms with van der Waals surface area (Å²) in [5.74, 6) is 0. The van der Waals surface area contributed by atoms with Crippen molar-refractivity contribution < 1.29 is 0 Å². The average molecular weight is 569 g/mol. The molecule has 0 spiro atoms. The second-order valence-electron chi connectivity index (χ2n) is 7.44. The molecule has 0 aliphatic heterocycles. The lowest BCUT2D eigenvalue weighted by Crippen LogP contribution is -1.68. The maximum Gasteiger partial charge on any atom is 0.131 e. The smallest absolute Gasteiger partial charge is 0.131 e. The molecule has 0 saturated carbocycles. The van der Waals surface area contributed by atoms with Gasteiger partial charge in [0.2, 0.25) is 0 Å². The van der Waals surface area contributed by atoms with Crippen LogP contribution in [0.25, 0.3) is 59.9 Å². The number of nitriles is 4. The Hall–Kier alpha value is -3.58. The third kappa shape index (κ3) is 3.88. The maximum atomic E-state index is 9.00. The van der Waals surface area contributed by atoms with Crippen LogP contribution >= 0.6 is 68.0 Å². The number of thiophene rings is 6. The van der Waals surface area contributed by atoms with E-state index in [-0.39, 0.29) is 11.1 Å². The summed E-state index contributed by atoms with van der Waals surface area (Å²) in [5, 5.41) is 36.0. The van der Waals surface area contributed by atoms with E-state index < -0.39 is 0 Å². The first-order chi connectivity index (χ1) is 17.6. The van der Waals surface area contributed by atoms with Crippen molar-refractivity contribution in [2.75, 3.05) is 0 Å². The number of nitrogens with zero attached hydrogens (tertiary/aromatic N) is 4. The molecule has 0 saturated heterocycles. The Bertz CT molecular complexity index is 1870. The van der Waals surface area contributed by atoms with Crippen LogP contribution in [-0.4, -0.2) is 0 Å². The van der Waals surface area contributed by atoms with Gasteiger partial charge < -0.3 is 0 Å². The topological polar surface area (TPSA) is 95.2 Å². The number of hydrogen-bond acceptors (Lipinski definition) is 10. The average Bonchev–Trinajstić information content (AvgIpc) is 3.70. The van der Waals surface area contributed by atoms with Crippen LogP contribution in [0.3, 0.4) is 0 Å². The lowest BCUT2D eigenvalue weighted by Gasteiger charge is -1.89.